The molecular formula is C7H11NOS2. The molecule has 2 nitrogen and oxygen atoms in total. The number of aliphatic hydroxyl groups is 1. The minimum atomic E-state index is 0.120. The molecule has 1 rings (SSSR count). The highest BCUT2D eigenvalue weighted by molar-refractivity contribution is 7.98. The largest absolute Gasteiger partial charge is 0.391 e. The van der Waals surface area contributed by atoms with Crippen LogP contribution >= 0.6 is 23.1 Å². The number of hydrogen-bond acceptors (Lipinski definition) is 4. The summed E-state index contributed by atoms with van der Waals surface area (Å²) in [4.78, 5) is 5.12. The standard InChI is InChI=1S/C7H11NOS2/c1-2-10-5-7-8-3-6(4-9)11-7/h3,9H,2,4-5H2,1H3. The summed E-state index contributed by atoms with van der Waals surface area (Å²) in [5.74, 6) is 2.09. The van der Waals surface area contributed by atoms with Gasteiger partial charge in [0.25, 0.3) is 0 Å². The van der Waals surface area contributed by atoms with Crippen molar-refractivity contribution in [2.24, 2.45) is 0 Å². The lowest BCUT2D eigenvalue weighted by atomic mass is 10.6. The second kappa shape index (κ2) is 4.74. The highest BCUT2D eigenvalue weighted by Crippen LogP contribution is 2.17. The molecule has 1 N–H and O–H groups in total. The molecule has 0 saturated carbocycles. The molecule has 0 aliphatic carbocycles. The van der Waals surface area contributed by atoms with Crippen molar-refractivity contribution in [3.63, 3.8) is 0 Å². The Morgan fingerprint density at radius 1 is 1.73 bits per heavy atom. The molecule has 0 aliphatic heterocycles. The van der Waals surface area contributed by atoms with Crippen LogP contribution in [0, 0.1) is 0 Å². The minimum Gasteiger partial charge on any atom is -0.391 e. The fourth-order valence-corrected chi connectivity index (χ4v) is 2.19. The Balaban J connectivity index is 2.44. The SMILES string of the molecule is CCSCc1ncc(CO)s1. The van der Waals surface area contributed by atoms with Crippen LogP contribution in [0.25, 0.3) is 0 Å². The first-order chi connectivity index (χ1) is 5.36. The van der Waals surface area contributed by atoms with E-state index < -0.39 is 0 Å². The summed E-state index contributed by atoms with van der Waals surface area (Å²) in [5, 5.41) is 9.85. The van der Waals surface area contributed by atoms with Gasteiger partial charge in [0, 0.05) is 11.9 Å². The van der Waals surface area contributed by atoms with Crippen LogP contribution in [0.5, 0.6) is 0 Å². The molecule has 1 aromatic rings. The van der Waals surface area contributed by atoms with Gasteiger partial charge in [-0.05, 0) is 5.75 Å². The van der Waals surface area contributed by atoms with Crippen LogP contribution in [0.15, 0.2) is 6.20 Å². The number of aliphatic hydroxyl groups excluding tert-OH is 1. The molecule has 4 heteroatoms. The van der Waals surface area contributed by atoms with Gasteiger partial charge in [0.1, 0.15) is 5.01 Å². The van der Waals surface area contributed by atoms with Crippen molar-refractivity contribution in [1.82, 2.24) is 4.98 Å². The lowest BCUT2D eigenvalue weighted by Crippen LogP contribution is -1.76. The van der Waals surface area contributed by atoms with E-state index in [2.05, 4.69) is 11.9 Å². The maximum Gasteiger partial charge on any atom is 0.103 e. The predicted molar refractivity (Wildman–Crippen MR) is 49.9 cm³/mol. The molecule has 0 aromatic carbocycles. The van der Waals surface area contributed by atoms with Gasteiger partial charge >= 0.3 is 0 Å². The zero-order chi connectivity index (χ0) is 8.10. The summed E-state index contributed by atoms with van der Waals surface area (Å²) in [7, 11) is 0. The number of rotatable bonds is 4. The van der Waals surface area contributed by atoms with Gasteiger partial charge in [-0.15, -0.1) is 11.3 Å². The fraction of sp³-hybridized carbons (Fsp3) is 0.571. The fourth-order valence-electron chi connectivity index (χ4n) is 0.677. The molecule has 1 heterocycles. The minimum absolute atomic E-state index is 0.120. The van der Waals surface area contributed by atoms with Gasteiger partial charge < -0.3 is 5.11 Å². The van der Waals surface area contributed by atoms with Crippen molar-refractivity contribution in [3.05, 3.63) is 16.1 Å². The second-order valence-corrected chi connectivity index (χ2v) is 4.49. The van der Waals surface area contributed by atoms with Crippen LogP contribution < -0.4 is 0 Å². The van der Waals surface area contributed by atoms with Crippen molar-refractivity contribution < 1.29 is 5.11 Å². The Morgan fingerprint density at radius 3 is 3.09 bits per heavy atom. The van der Waals surface area contributed by atoms with Gasteiger partial charge in [-0.3, -0.25) is 0 Å². The summed E-state index contributed by atoms with van der Waals surface area (Å²) in [6, 6.07) is 0. The molecule has 0 saturated heterocycles. The Hall–Kier alpha value is -0.0600. The lowest BCUT2D eigenvalue weighted by Gasteiger charge is -1.90. The van der Waals surface area contributed by atoms with Gasteiger partial charge in [0.2, 0.25) is 0 Å². The Labute approximate surface area is 74.7 Å². The summed E-state index contributed by atoms with van der Waals surface area (Å²) in [6.07, 6.45) is 1.75. The number of aromatic nitrogens is 1. The van der Waals surface area contributed by atoms with Gasteiger partial charge in [0.15, 0.2) is 0 Å². The van der Waals surface area contributed by atoms with Crippen LogP contribution in [-0.2, 0) is 12.4 Å². The van der Waals surface area contributed by atoms with E-state index in [1.807, 2.05) is 11.8 Å². The Bertz CT molecular complexity index is 212. The van der Waals surface area contributed by atoms with E-state index in [-0.39, 0.29) is 6.61 Å². The summed E-state index contributed by atoms with van der Waals surface area (Å²) in [5.41, 5.74) is 0. The van der Waals surface area contributed by atoms with Crippen molar-refractivity contribution in [3.8, 4) is 0 Å². The van der Waals surface area contributed by atoms with E-state index in [0.717, 1.165) is 21.4 Å². The van der Waals surface area contributed by atoms with Crippen LogP contribution in [0.3, 0.4) is 0 Å². The van der Waals surface area contributed by atoms with Gasteiger partial charge in [-0.1, -0.05) is 6.92 Å². The first-order valence-corrected chi connectivity index (χ1v) is 5.46. The van der Waals surface area contributed by atoms with Crippen molar-refractivity contribution in [2.45, 2.75) is 19.3 Å². The van der Waals surface area contributed by atoms with Crippen molar-refractivity contribution in [2.75, 3.05) is 5.75 Å². The average molecular weight is 189 g/mol. The molecule has 0 bridgehead atoms. The first-order valence-electron chi connectivity index (χ1n) is 3.49. The summed E-state index contributed by atoms with van der Waals surface area (Å²) in [6.45, 7) is 2.25. The summed E-state index contributed by atoms with van der Waals surface area (Å²) >= 11 is 3.44. The highest BCUT2D eigenvalue weighted by atomic mass is 32.2. The van der Waals surface area contributed by atoms with Gasteiger partial charge in [-0.25, -0.2) is 4.98 Å². The molecule has 0 fully saturated rings. The number of thiazole rings is 1. The smallest absolute Gasteiger partial charge is 0.103 e. The van der Waals surface area contributed by atoms with Gasteiger partial charge in [-0.2, -0.15) is 11.8 Å². The Morgan fingerprint density at radius 2 is 2.55 bits per heavy atom. The van der Waals surface area contributed by atoms with Crippen LogP contribution in [0.4, 0.5) is 0 Å². The highest BCUT2D eigenvalue weighted by Gasteiger charge is 1.99. The Kier molecular flexibility index (Phi) is 3.90. The van der Waals surface area contributed by atoms with Crippen LogP contribution in [0.1, 0.15) is 16.8 Å². The number of nitrogens with zero attached hydrogens (tertiary/aromatic N) is 1. The van der Waals surface area contributed by atoms with Crippen molar-refractivity contribution >= 4 is 23.1 Å². The first kappa shape index (κ1) is 9.03. The molecular weight excluding hydrogens is 178 g/mol. The van der Waals surface area contributed by atoms with Crippen LogP contribution in [0.2, 0.25) is 0 Å². The molecule has 11 heavy (non-hydrogen) atoms. The third-order valence-electron chi connectivity index (χ3n) is 1.19. The van der Waals surface area contributed by atoms with E-state index in [4.69, 9.17) is 5.11 Å². The monoisotopic (exact) mass is 189 g/mol. The quantitative estimate of drug-likeness (QED) is 0.785. The topological polar surface area (TPSA) is 33.1 Å². The number of thioether (sulfide) groups is 1. The van der Waals surface area contributed by atoms with E-state index in [1.54, 1.807) is 17.5 Å². The lowest BCUT2D eigenvalue weighted by molar-refractivity contribution is 0.285. The predicted octanol–water partition coefficient (Wildman–Crippen LogP) is 1.89. The normalized spacial score (nSPS) is 10.4. The second-order valence-electron chi connectivity index (χ2n) is 2.02. The maximum atomic E-state index is 8.74. The molecule has 1 aromatic heterocycles. The zero-order valence-corrected chi connectivity index (χ0v) is 8.04. The van der Waals surface area contributed by atoms with Crippen LogP contribution in [-0.4, -0.2) is 15.8 Å². The maximum absolute atomic E-state index is 8.74. The van der Waals surface area contributed by atoms with Gasteiger partial charge in [0.05, 0.1) is 11.5 Å². The third-order valence-corrected chi connectivity index (χ3v) is 3.24. The summed E-state index contributed by atoms with van der Waals surface area (Å²) < 4.78 is 0. The molecule has 62 valence electrons. The molecule has 0 unspecified atom stereocenters. The average Bonchev–Trinajstić information content (AvgIpc) is 2.48. The van der Waals surface area contributed by atoms with Crippen molar-refractivity contribution in [1.29, 1.82) is 0 Å². The molecule has 0 spiro atoms. The molecule has 0 amide bonds. The zero-order valence-electron chi connectivity index (χ0n) is 6.41. The molecule has 0 radical (unpaired) electrons. The van der Waals surface area contributed by atoms with E-state index in [1.165, 1.54) is 0 Å². The number of hydrogen-bond donors (Lipinski definition) is 1. The molecule has 0 atom stereocenters. The molecule has 0 aliphatic rings. The third kappa shape index (κ3) is 2.81. The van der Waals surface area contributed by atoms with E-state index in [0.29, 0.717) is 0 Å². The van der Waals surface area contributed by atoms with E-state index in [9.17, 15) is 0 Å². The van der Waals surface area contributed by atoms with E-state index >= 15 is 0 Å².